The predicted octanol–water partition coefficient (Wildman–Crippen LogP) is 1.66. The monoisotopic (exact) mass is 307 g/mol. The average molecular weight is 307 g/mol. The molecule has 0 aromatic rings. The summed E-state index contributed by atoms with van der Waals surface area (Å²) >= 11 is 0. The number of urea groups is 1. The fraction of sp³-hybridized carbons (Fsp3) is 0.692. The van der Waals surface area contributed by atoms with Crippen LogP contribution >= 0.6 is 0 Å². The lowest BCUT2D eigenvalue weighted by Crippen LogP contribution is -2.45. The van der Waals surface area contributed by atoms with E-state index >= 15 is 0 Å². The lowest BCUT2D eigenvalue weighted by atomic mass is 9.94. The first-order chi connectivity index (χ1) is 9.78. The molecule has 0 aliphatic heterocycles. The molecule has 0 heterocycles. The summed E-state index contributed by atoms with van der Waals surface area (Å²) in [7, 11) is 1.05. The molecular formula is C13H20F3N3O2. The second kappa shape index (κ2) is 7.90. The average Bonchev–Trinajstić information content (AvgIpc) is 2.41. The van der Waals surface area contributed by atoms with Gasteiger partial charge in [-0.1, -0.05) is 12.2 Å². The van der Waals surface area contributed by atoms with E-state index in [1.54, 1.807) is 0 Å². The highest BCUT2D eigenvalue weighted by molar-refractivity contribution is 5.83. The molecule has 3 amide bonds. The number of carbonyl (C=O) groups excluding carboxylic acids is 2. The number of nitrogens with one attached hydrogen (secondary N) is 2. The number of hydrogen-bond donors (Lipinski definition) is 2. The van der Waals surface area contributed by atoms with Gasteiger partial charge in [0.15, 0.2) is 0 Å². The van der Waals surface area contributed by atoms with E-state index in [1.165, 1.54) is 0 Å². The van der Waals surface area contributed by atoms with Gasteiger partial charge in [-0.15, -0.1) is 0 Å². The smallest absolute Gasteiger partial charge is 0.338 e. The SMILES string of the molecule is CN(CC(F)(F)F)C(=O)CNC(=O)NC[C@@H]1CC=CCC1. The third-order valence-electron chi connectivity index (χ3n) is 3.17. The summed E-state index contributed by atoms with van der Waals surface area (Å²) in [6.07, 6.45) is 2.57. The van der Waals surface area contributed by atoms with E-state index in [1.807, 2.05) is 0 Å². The predicted molar refractivity (Wildman–Crippen MR) is 71.6 cm³/mol. The molecule has 0 spiro atoms. The molecule has 21 heavy (non-hydrogen) atoms. The Bertz CT molecular complexity index is 397. The summed E-state index contributed by atoms with van der Waals surface area (Å²) in [5, 5.41) is 4.88. The van der Waals surface area contributed by atoms with Crippen LogP contribution < -0.4 is 10.6 Å². The molecule has 5 nitrogen and oxygen atoms in total. The molecular weight excluding hydrogens is 287 g/mol. The number of nitrogens with zero attached hydrogens (tertiary/aromatic N) is 1. The second-order valence-electron chi connectivity index (χ2n) is 5.08. The molecule has 1 rings (SSSR count). The molecule has 0 unspecified atom stereocenters. The van der Waals surface area contributed by atoms with Gasteiger partial charge >= 0.3 is 12.2 Å². The van der Waals surface area contributed by atoms with Crippen molar-refractivity contribution in [2.45, 2.75) is 25.4 Å². The normalized spacial score (nSPS) is 18.2. The van der Waals surface area contributed by atoms with E-state index < -0.39 is 31.2 Å². The van der Waals surface area contributed by atoms with Crippen LogP contribution in [0.2, 0.25) is 0 Å². The Morgan fingerprint density at radius 1 is 1.29 bits per heavy atom. The number of halogens is 3. The first kappa shape index (κ1) is 17.3. The zero-order chi connectivity index (χ0) is 15.9. The van der Waals surface area contributed by atoms with Gasteiger partial charge in [0.05, 0.1) is 6.54 Å². The van der Waals surface area contributed by atoms with Gasteiger partial charge in [0, 0.05) is 13.6 Å². The van der Waals surface area contributed by atoms with Crippen LogP contribution in [0, 0.1) is 5.92 Å². The summed E-state index contributed by atoms with van der Waals surface area (Å²) in [6, 6.07) is -0.543. The Morgan fingerprint density at radius 2 is 2.00 bits per heavy atom. The number of amides is 3. The molecule has 0 aromatic heterocycles. The maximum Gasteiger partial charge on any atom is 0.406 e. The molecule has 120 valence electrons. The summed E-state index contributed by atoms with van der Waals surface area (Å²) in [5.74, 6) is -0.424. The maximum absolute atomic E-state index is 12.1. The topological polar surface area (TPSA) is 61.4 Å². The van der Waals surface area contributed by atoms with E-state index in [0.717, 1.165) is 26.3 Å². The quantitative estimate of drug-likeness (QED) is 0.759. The van der Waals surface area contributed by atoms with E-state index in [4.69, 9.17) is 0 Å². The Balaban J connectivity index is 2.19. The summed E-state index contributed by atoms with van der Waals surface area (Å²) in [5.41, 5.74) is 0. The first-order valence-electron chi connectivity index (χ1n) is 6.75. The highest BCUT2D eigenvalue weighted by atomic mass is 19.4. The number of hydrogen-bond acceptors (Lipinski definition) is 2. The largest absolute Gasteiger partial charge is 0.406 e. The van der Waals surface area contributed by atoms with Crippen LogP contribution in [0.4, 0.5) is 18.0 Å². The number of allylic oxidation sites excluding steroid dienone is 2. The Labute approximate surface area is 121 Å². The third-order valence-corrected chi connectivity index (χ3v) is 3.17. The molecule has 2 N–H and O–H groups in total. The Kier molecular flexibility index (Phi) is 6.51. The highest BCUT2D eigenvalue weighted by Gasteiger charge is 2.31. The highest BCUT2D eigenvalue weighted by Crippen LogP contribution is 2.17. The zero-order valence-corrected chi connectivity index (χ0v) is 11.9. The molecule has 1 atom stereocenters. The molecule has 0 aromatic carbocycles. The maximum atomic E-state index is 12.1. The van der Waals surface area contributed by atoms with Gasteiger partial charge in [-0.2, -0.15) is 13.2 Å². The molecule has 1 aliphatic rings. The third kappa shape index (κ3) is 7.57. The molecule has 0 bridgehead atoms. The van der Waals surface area contributed by atoms with Crippen LogP contribution in [-0.2, 0) is 4.79 Å². The standard InChI is InChI=1S/C13H20F3N3O2/c1-19(9-13(14,15)16)11(20)8-18-12(21)17-7-10-5-3-2-4-6-10/h2-3,10H,4-9H2,1H3,(H2,17,18,21)/t10-/m1/s1. The van der Waals surface area contributed by atoms with Crippen LogP contribution in [0.25, 0.3) is 0 Å². The minimum Gasteiger partial charge on any atom is -0.338 e. The van der Waals surface area contributed by atoms with Crippen LogP contribution in [0.3, 0.4) is 0 Å². The lowest BCUT2D eigenvalue weighted by molar-refractivity contribution is -0.157. The van der Waals surface area contributed by atoms with Gasteiger partial charge < -0.3 is 15.5 Å². The Morgan fingerprint density at radius 3 is 2.57 bits per heavy atom. The van der Waals surface area contributed by atoms with Gasteiger partial charge in [-0.05, 0) is 25.2 Å². The van der Waals surface area contributed by atoms with Crippen LogP contribution in [0.15, 0.2) is 12.2 Å². The number of rotatable bonds is 5. The molecule has 8 heteroatoms. The van der Waals surface area contributed by atoms with Crippen molar-refractivity contribution in [1.29, 1.82) is 0 Å². The van der Waals surface area contributed by atoms with Gasteiger partial charge in [0.1, 0.15) is 6.54 Å². The minimum atomic E-state index is -4.44. The molecule has 0 saturated heterocycles. The molecule has 0 fully saturated rings. The van der Waals surface area contributed by atoms with E-state index in [0.29, 0.717) is 17.4 Å². The Hall–Kier alpha value is -1.73. The van der Waals surface area contributed by atoms with Crippen molar-refractivity contribution < 1.29 is 22.8 Å². The van der Waals surface area contributed by atoms with E-state index in [9.17, 15) is 22.8 Å². The van der Waals surface area contributed by atoms with Crippen molar-refractivity contribution in [1.82, 2.24) is 15.5 Å². The first-order valence-corrected chi connectivity index (χ1v) is 6.75. The van der Waals surface area contributed by atoms with Crippen LogP contribution in [-0.4, -0.2) is 49.7 Å². The van der Waals surface area contributed by atoms with Crippen LogP contribution in [0.5, 0.6) is 0 Å². The summed E-state index contributed by atoms with van der Waals surface area (Å²) in [4.78, 5) is 23.4. The van der Waals surface area contributed by atoms with Gasteiger partial charge in [0.25, 0.3) is 0 Å². The summed E-state index contributed by atoms with van der Waals surface area (Å²) < 4.78 is 36.3. The minimum absolute atomic E-state index is 0.365. The summed E-state index contributed by atoms with van der Waals surface area (Å²) in [6.45, 7) is -1.30. The molecule has 1 aliphatic carbocycles. The van der Waals surface area contributed by atoms with Gasteiger partial charge in [-0.3, -0.25) is 4.79 Å². The fourth-order valence-electron chi connectivity index (χ4n) is 1.99. The van der Waals surface area contributed by atoms with Gasteiger partial charge in [-0.25, -0.2) is 4.79 Å². The van der Waals surface area contributed by atoms with Crippen molar-refractivity contribution in [2.24, 2.45) is 5.92 Å². The van der Waals surface area contributed by atoms with Crippen molar-refractivity contribution in [2.75, 3.05) is 26.7 Å². The van der Waals surface area contributed by atoms with E-state index in [-0.39, 0.29) is 0 Å². The number of alkyl halides is 3. The van der Waals surface area contributed by atoms with Crippen molar-refractivity contribution in [3.05, 3.63) is 12.2 Å². The number of likely N-dealkylation sites (N-methyl/N-ethyl adjacent to an activating group) is 1. The molecule has 0 saturated carbocycles. The van der Waals surface area contributed by atoms with Crippen molar-refractivity contribution >= 4 is 11.9 Å². The molecule has 0 radical (unpaired) electrons. The zero-order valence-electron chi connectivity index (χ0n) is 11.9. The fourth-order valence-corrected chi connectivity index (χ4v) is 1.99. The number of carbonyl (C=O) groups is 2. The second-order valence-corrected chi connectivity index (χ2v) is 5.08. The van der Waals surface area contributed by atoms with Gasteiger partial charge in [0.2, 0.25) is 5.91 Å². The van der Waals surface area contributed by atoms with Crippen LogP contribution in [0.1, 0.15) is 19.3 Å². The van der Waals surface area contributed by atoms with Crippen molar-refractivity contribution in [3.63, 3.8) is 0 Å². The lowest BCUT2D eigenvalue weighted by Gasteiger charge is -2.20. The van der Waals surface area contributed by atoms with E-state index in [2.05, 4.69) is 22.8 Å². The van der Waals surface area contributed by atoms with Crippen molar-refractivity contribution in [3.8, 4) is 0 Å².